The number of carbonyl (C=O) groups excluding carboxylic acids is 1. The van der Waals surface area contributed by atoms with E-state index in [1.54, 1.807) is 0 Å². The van der Waals surface area contributed by atoms with E-state index in [1.807, 2.05) is 11.9 Å². The van der Waals surface area contributed by atoms with Crippen LogP contribution in [0.3, 0.4) is 0 Å². The Hall–Kier alpha value is -0.570. The molecule has 1 N–H and O–H groups in total. The van der Waals surface area contributed by atoms with Crippen molar-refractivity contribution in [2.45, 2.75) is 60.0 Å². The maximum atomic E-state index is 12.0. The van der Waals surface area contributed by atoms with Gasteiger partial charge in [0.2, 0.25) is 5.91 Å². The molecular weight excluding hydrogens is 200 g/mol. The summed E-state index contributed by atoms with van der Waals surface area (Å²) in [4.78, 5) is 13.9. The van der Waals surface area contributed by atoms with Crippen LogP contribution in [0.25, 0.3) is 0 Å². The number of hydrogen-bond donors (Lipinski definition) is 1. The van der Waals surface area contributed by atoms with Gasteiger partial charge >= 0.3 is 0 Å². The minimum absolute atomic E-state index is 0.131. The minimum Gasteiger partial charge on any atom is -0.342 e. The third-order valence-electron chi connectivity index (χ3n) is 3.26. The van der Waals surface area contributed by atoms with Gasteiger partial charge < -0.3 is 10.2 Å². The van der Waals surface area contributed by atoms with E-state index in [-0.39, 0.29) is 23.4 Å². The molecule has 3 heteroatoms. The second kappa shape index (κ2) is 6.24. The van der Waals surface area contributed by atoms with Crippen molar-refractivity contribution in [2.24, 2.45) is 5.41 Å². The van der Waals surface area contributed by atoms with Crippen LogP contribution >= 0.6 is 0 Å². The highest BCUT2D eigenvalue weighted by molar-refractivity contribution is 5.76. The fraction of sp³-hybridized carbons (Fsp3) is 0.923. The Bertz CT molecular complexity index is 220. The van der Waals surface area contributed by atoms with Crippen molar-refractivity contribution < 1.29 is 4.79 Å². The molecule has 96 valence electrons. The lowest BCUT2D eigenvalue weighted by atomic mass is 9.87. The van der Waals surface area contributed by atoms with E-state index >= 15 is 0 Å². The summed E-state index contributed by atoms with van der Waals surface area (Å²) in [5, 5.41) is 3.26. The predicted molar refractivity (Wildman–Crippen MR) is 69.4 cm³/mol. The minimum atomic E-state index is 0.131. The van der Waals surface area contributed by atoms with Gasteiger partial charge in [-0.15, -0.1) is 0 Å². The van der Waals surface area contributed by atoms with Crippen LogP contribution in [-0.2, 0) is 4.79 Å². The molecule has 16 heavy (non-hydrogen) atoms. The summed E-state index contributed by atoms with van der Waals surface area (Å²) >= 11 is 0. The smallest absolute Gasteiger partial charge is 0.224 e. The highest BCUT2D eigenvalue weighted by Crippen LogP contribution is 2.23. The number of amides is 1. The molecule has 0 saturated heterocycles. The Morgan fingerprint density at radius 2 is 1.81 bits per heavy atom. The number of carbonyl (C=O) groups is 1. The molecule has 0 rings (SSSR count). The summed E-state index contributed by atoms with van der Waals surface area (Å²) in [6.07, 6.45) is 0.574. The van der Waals surface area contributed by atoms with Gasteiger partial charge in [0.1, 0.15) is 0 Å². The van der Waals surface area contributed by atoms with Gasteiger partial charge in [0.05, 0.1) is 0 Å². The summed E-state index contributed by atoms with van der Waals surface area (Å²) in [5.74, 6) is 0.218. The van der Waals surface area contributed by atoms with Crippen LogP contribution in [-0.4, -0.2) is 36.5 Å². The second-order valence-electron chi connectivity index (χ2n) is 5.71. The van der Waals surface area contributed by atoms with Crippen LogP contribution in [0.4, 0.5) is 0 Å². The summed E-state index contributed by atoms with van der Waals surface area (Å²) in [6, 6.07) is 0.515. The molecule has 0 bridgehead atoms. The van der Waals surface area contributed by atoms with E-state index in [4.69, 9.17) is 0 Å². The molecule has 0 saturated carbocycles. The lowest BCUT2D eigenvalue weighted by Gasteiger charge is -2.36. The Kier molecular flexibility index (Phi) is 6.01. The molecule has 0 aliphatic rings. The predicted octanol–water partition coefficient (Wildman–Crippen LogP) is 2.27. The van der Waals surface area contributed by atoms with Crippen molar-refractivity contribution in [3.05, 3.63) is 0 Å². The van der Waals surface area contributed by atoms with Gasteiger partial charge in [-0.05, 0) is 25.8 Å². The molecule has 2 unspecified atom stereocenters. The first kappa shape index (κ1) is 15.4. The third kappa shape index (κ3) is 4.97. The molecule has 0 aliphatic heterocycles. The highest BCUT2D eigenvalue weighted by atomic mass is 16.2. The largest absolute Gasteiger partial charge is 0.342 e. The topological polar surface area (TPSA) is 32.3 Å². The molecular formula is C13H28N2O. The highest BCUT2D eigenvalue weighted by Gasteiger charge is 2.27. The fourth-order valence-corrected chi connectivity index (χ4v) is 1.62. The molecule has 0 aromatic rings. The number of nitrogens with one attached hydrogen (secondary N) is 1. The van der Waals surface area contributed by atoms with E-state index in [0.717, 1.165) is 6.54 Å². The van der Waals surface area contributed by atoms with Gasteiger partial charge in [0.25, 0.3) is 0 Å². The Labute approximate surface area is 101 Å². The molecule has 0 fully saturated rings. The zero-order chi connectivity index (χ0) is 12.9. The monoisotopic (exact) mass is 228 g/mol. The van der Waals surface area contributed by atoms with Gasteiger partial charge in [0.15, 0.2) is 0 Å². The van der Waals surface area contributed by atoms with Gasteiger partial charge in [-0.25, -0.2) is 0 Å². The van der Waals surface area contributed by atoms with Crippen molar-refractivity contribution in [3.8, 4) is 0 Å². The van der Waals surface area contributed by atoms with E-state index < -0.39 is 0 Å². The summed E-state index contributed by atoms with van der Waals surface area (Å²) < 4.78 is 0. The zero-order valence-corrected chi connectivity index (χ0v) is 11.9. The van der Waals surface area contributed by atoms with Crippen LogP contribution in [0.5, 0.6) is 0 Å². The molecule has 2 atom stereocenters. The third-order valence-corrected chi connectivity index (χ3v) is 3.26. The van der Waals surface area contributed by atoms with Gasteiger partial charge in [-0.3, -0.25) is 4.79 Å². The van der Waals surface area contributed by atoms with E-state index in [9.17, 15) is 4.79 Å². The van der Waals surface area contributed by atoms with Crippen molar-refractivity contribution in [2.75, 3.05) is 13.6 Å². The maximum absolute atomic E-state index is 12.0. The Balaban J connectivity index is 4.28. The first-order valence-electron chi connectivity index (χ1n) is 6.19. The average molecular weight is 228 g/mol. The lowest BCUT2D eigenvalue weighted by Crippen LogP contribution is -2.44. The van der Waals surface area contributed by atoms with Gasteiger partial charge in [-0.2, -0.15) is 0 Å². The zero-order valence-electron chi connectivity index (χ0n) is 11.9. The number of rotatable bonds is 5. The van der Waals surface area contributed by atoms with Gasteiger partial charge in [-0.1, -0.05) is 27.7 Å². The van der Waals surface area contributed by atoms with Crippen LogP contribution in [0.15, 0.2) is 0 Å². The molecule has 0 radical (unpaired) electrons. The fourth-order valence-electron chi connectivity index (χ4n) is 1.62. The van der Waals surface area contributed by atoms with Crippen molar-refractivity contribution in [1.29, 1.82) is 0 Å². The lowest BCUT2D eigenvalue weighted by molar-refractivity contribution is -0.134. The Morgan fingerprint density at radius 3 is 2.19 bits per heavy atom. The SMILES string of the molecule is CCNC(C)CC(=O)N(C)C(C)C(C)(C)C. The molecule has 0 aliphatic carbocycles. The molecule has 0 spiro atoms. The van der Waals surface area contributed by atoms with E-state index in [2.05, 4.69) is 46.9 Å². The quantitative estimate of drug-likeness (QED) is 0.783. The second-order valence-corrected chi connectivity index (χ2v) is 5.71. The van der Waals surface area contributed by atoms with Crippen LogP contribution in [0, 0.1) is 5.41 Å². The standard InChI is InChI=1S/C13H28N2O/c1-8-14-10(2)9-12(16)15(7)11(3)13(4,5)6/h10-11,14H,8-9H2,1-7H3. The first-order valence-corrected chi connectivity index (χ1v) is 6.19. The van der Waals surface area contributed by atoms with E-state index in [1.165, 1.54) is 0 Å². The first-order chi connectivity index (χ1) is 7.20. The average Bonchev–Trinajstić information content (AvgIpc) is 2.14. The summed E-state index contributed by atoms with van der Waals surface area (Å²) in [7, 11) is 1.90. The van der Waals surface area contributed by atoms with Crippen LogP contribution in [0.1, 0.15) is 48.0 Å². The molecule has 0 aromatic carbocycles. The van der Waals surface area contributed by atoms with Crippen molar-refractivity contribution >= 4 is 5.91 Å². The van der Waals surface area contributed by atoms with Crippen molar-refractivity contribution in [3.63, 3.8) is 0 Å². The normalized spacial score (nSPS) is 15.7. The van der Waals surface area contributed by atoms with Gasteiger partial charge in [0, 0.05) is 25.6 Å². The molecule has 0 heterocycles. The van der Waals surface area contributed by atoms with E-state index in [0.29, 0.717) is 6.42 Å². The maximum Gasteiger partial charge on any atom is 0.224 e. The summed E-state index contributed by atoms with van der Waals surface area (Å²) in [6.45, 7) is 13.6. The summed E-state index contributed by atoms with van der Waals surface area (Å²) in [5.41, 5.74) is 0.131. The number of nitrogens with zero attached hydrogens (tertiary/aromatic N) is 1. The Morgan fingerprint density at radius 1 is 1.31 bits per heavy atom. The van der Waals surface area contributed by atoms with Crippen LogP contribution < -0.4 is 5.32 Å². The molecule has 0 aromatic heterocycles. The molecule has 3 nitrogen and oxygen atoms in total. The van der Waals surface area contributed by atoms with Crippen LogP contribution in [0.2, 0.25) is 0 Å². The number of hydrogen-bond acceptors (Lipinski definition) is 2. The van der Waals surface area contributed by atoms with Crippen molar-refractivity contribution in [1.82, 2.24) is 10.2 Å². The molecule has 1 amide bonds.